The van der Waals surface area contributed by atoms with Gasteiger partial charge in [0.25, 0.3) is 5.69 Å². The molecule has 0 unspecified atom stereocenters. The van der Waals surface area contributed by atoms with Crippen LogP contribution in [0, 0.1) is 10.1 Å². The fraction of sp³-hybridized carbons (Fsp3) is 0. The number of amides is 1. The lowest BCUT2D eigenvalue weighted by atomic mass is 10.2. The maximum atomic E-state index is 12.1. The fourth-order valence-corrected chi connectivity index (χ4v) is 3.73. The number of thiazole rings is 1. The average Bonchev–Trinajstić information content (AvgIpc) is 3.17. The van der Waals surface area contributed by atoms with Crippen LogP contribution in [0.1, 0.15) is 5.56 Å². The van der Waals surface area contributed by atoms with Crippen molar-refractivity contribution in [3.8, 4) is 10.6 Å². The second kappa shape index (κ2) is 8.04. The van der Waals surface area contributed by atoms with Crippen molar-refractivity contribution in [1.29, 1.82) is 0 Å². The van der Waals surface area contributed by atoms with Crippen molar-refractivity contribution in [2.75, 3.05) is 5.32 Å². The van der Waals surface area contributed by atoms with E-state index in [1.807, 2.05) is 48.5 Å². The number of fused-ring (bicyclic) bond motifs is 1. The lowest BCUT2D eigenvalue weighted by Gasteiger charge is -2.03. The molecule has 142 valence electrons. The van der Waals surface area contributed by atoms with Crippen LogP contribution in [0.4, 0.5) is 11.4 Å². The van der Waals surface area contributed by atoms with Crippen LogP contribution >= 0.6 is 11.3 Å². The second-order valence-corrected chi connectivity index (χ2v) is 7.27. The Morgan fingerprint density at radius 2 is 1.72 bits per heavy atom. The number of carbonyl (C=O) groups excluding carboxylic acids is 1. The molecular formula is C22H15N3O3S. The molecule has 1 N–H and O–H groups in total. The first-order chi connectivity index (χ1) is 14.1. The smallest absolute Gasteiger partial charge is 0.269 e. The molecule has 0 fully saturated rings. The predicted molar refractivity (Wildman–Crippen MR) is 116 cm³/mol. The van der Waals surface area contributed by atoms with Crippen molar-refractivity contribution in [3.05, 3.63) is 94.6 Å². The molecule has 4 rings (SSSR count). The van der Waals surface area contributed by atoms with Gasteiger partial charge in [-0.3, -0.25) is 14.9 Å². The summed E-state index contributed by atoms with van der Waals surface area (Å²) in [5.74, 6) is -0.281. The third-order valence-corrected chi connectivity index (χ3v) is 5.31. The molecule has 1 heterocycles. The Bertz CT molecular complexity index is 1180. The van der Waals surface area contributed by atoms with E-state index in [0.29, 0.717) is 11.3 Å². The van der Waals surface area contributed by atoms with Crippen LogP contribution in [-0.2, 0) is 4.79 Å². The predicted octanol–water partition coefficient (Wildman–Crippen LogP) is 5.52. The highest BCUT2D eigenvalue weighted by molar-refractivity contribution is 7.21. The summed E-state index contributed by atoms with van der Waals surface area (Å²) >= 11 is 1.63. The number of anilines is 1. The lowest BCUT2D eigenvalue weighted by molar-refractivity contribution is -0.384. The summed E-state index contributed by atoms with van der Waals surface area (Å²) in [6, 6.07) is 21.5. The van der Waals surface area contributed by atoms with E-state index in [1.54, 1.807) is 29.5 Å². The number of rotatable bonds is 5. The van der Waals surface area contributed by atoms with Gasteiger partial charge in [-0.25, -0.2) is 4.98 Å². The lowest BCUT2D eigenvalue weighted by Crippen LogP contribution is -2.07. The van der Waals surface area contributed by atoms with Gasteiger partial charge < -0.3 is 5.32 Å². The van der Waals surface area contributed by atoms with Gasteiger partial charge in [-0.1, -0.05) is 12.1 Å². The molecular weight excluding hydrogens is 386 g/mol. The molecule has 0 aliphatic rings. The molecule has 0 radical (unpaired) electrons. The first-order valence-electron chi connectivity index (χ1n) is 8.78. The first kappa shape index (κ1) is 18.5. The zero-order valence-electron chi connectivity index (χ0n) is 15.1. The van der Waals surface area contributed by atoms with E-state index < -0.39 is 4.92 Å². The molecule has 0 bridgehead atoms. The molecule has 1 aromatic heterocycles. The number of hydrogen-bond acceptors (Lipinski definition) is 5. The van der Waals surface area contributed by atoms with E-state index >= 15 is 0 Å². The first-order valence-corrected chi connectivity index (χ1v) is 9.60. The maximum absolute atomic E-state index is 12.1. The van der Waals surface area contributed by atoms with Gasteiger partial charge >= 0.3 is 0 Å². The quantitative estimate of drug-likeness (QED) is 0.271. The highest BCUT2D eigenvalue weighted by atomic mass is 32.1. The maximum Gasteiger partial charge on any atom is 0.269 e. The fourth-order valence-electron chi connectivity index (χ4n) is 2.75. The highest BCUT2D eigenvalue weighted by Gasteiger charge is 2.06. The van der Waals surface area contributed by atoms with Crippen LogP contribution in [0.3, 0.4) is 0 Å². The van der Waals surface area contributed by atoms with Crippen LogP contribution in [-0.4, -0.2) is 15.8 Å². The van der Waals surface area contributed by atoms with E-state index in [0.717, 1.165) is 20.8 Å². The van der Waals surface area contributed by atoms with Crippen molar-refractivity contribution >= 4 is 44.9 Å². The molecule has 6 nitrogen and oxygen atoms in total. The third-order valence-electron chi connectivity index (χ3n) is 4.22. The van der Waals surface area contributed by atoms with E-state index in [1.165, 1.54) is 18.2 Å². The molecule has 7 heteroatoms. The minimum Gasteiger partial charge on any atom is -0.323 e. The van der Waals surface area contributed by atoms with Crippen molar-refractivity contribution in [2.24, 2.45) is 0 Å². The van der Waals surface area contributed by atoms with Gasteiger partial charge in [0.2, 0.25) is 5.91 Å². The Hall–Kier alpha value is -3.84. The highest BCUT2D eigenvalue weighted by Crippen LogP contribution is 2.30. The largest absolute Gasteiger partial charge is 0.323 e. The Kier molecular flexibility index (Phi) is 5.13. The number of nitro groups is 1. The molecule has 29 heavy (non-hydrogen) atoms. The standard InChI is InChI=1S/C22H15N3O3S/c26-21(14-7-15-5-12-18(13-6-15)25(27)28)23-17-10-8-16(9-11-17)22-24-19-3-1-2-4-20(19)29-22/h1-14H,(H,23,26). The summed E-state index contributed by atoms with van der Waals surface area (Å²) in [6.07, 6.45) is 3.00. The molecule has 0 aliphatic heterocycles. The van der Waals surface area contributed by atoms with Gasteiger partial charge in [-0.15, -0.1) is 11.3 Å². The van der Waals surface area contributed by atoms with E-state index in [-0.39, 0.29) is 11.6 Å². The van der Waals surface area contributed by atoms with Gasteiger partial charge in [0.15, 0.2) is 0 Å². The molecule has 0 aliphatic carbocycles. The summed E-state index contributed by atoms with van der Waals surface area (Å²) < 4.78 is 1.14. The average molecular weight is 401 g/mol. The third kappa shape index (κ3) is 4.36. The Morgan fingerprint density at radius 3 is 2.41 bits per heavy atom. The zero-order valence-corrected chi connectivity index (χ0v) is 15.9. The summed E-state index contributed by atoms with van der Waals surface area (Å²) in [5.41, 5.74) is 3.36. The van der Waals surface area contributed by atoms with E-state index in [9.17, 15) is 14.9 Å². The van der Waals surface area contributed by atoms with E-state index in [2.05, 4.69) is 10.3 Å². The molecule has 0 spiro atoms. The topological polar surface area (TPSA) is 85.1 Å². The number of nitrogens with zero attached hydrogens (tertiary/aromatic N) is 2. The number of nitro benzene ring substituents is 1. The summed E-state index contributed by atoms with van der Waals surface area (Å²) in [7, 11) is 0. The SMILES string of the molecule is O=C(C=Cc1ccc([N+](=O)[O-])cc1)Nc1ccc(-c2nc3ccccc3s2)cc1. The number of hydrogen-bond donors (Lipinski definition) is 1. The molecule has 3 aromatic carbocycles. The van der Waals surface area contributed by atoms with Gasteiger partial charge in [0.1, 0.15) is 5.01 Å². The van der Waals surface area contributed by atoms with E-state index in [4.69, 9.17) is 0 Å². The van der Waals surface area contributed by atoms with Crippen molar-refractivity contribution in [1.82, 2.24) is 4.98 Å². The number of non-ortho nitro benzene ring substituents is 1. The minimum atomic E-state index is -0.460. The van der Waals surface area contributed by atoms with Crippen LogP contribution in [0.15, 0.2) is 78.9 Å². The van der Waals surface area contributed by atoms with Gasteiger partial charge in [0, 0.05) is 29.5 Å². The number of para-hydroxylation sites is 1. The summed E-state index contributed by atoms with van der Waals surface area (Å²) in [6.45, 7) is 0. The van der Waals surface area contributed by atoms with Crippen molar-refractivity contribution in [3.63, 3.8) is 0 Å². The molecule has 1 amide bonds. The summed E-state index contributed by atoms with van der Waals surface area (Å²) in [4.78, 5) is 26.9. The second-order valence-electron chi connectivity index (χ2n) is 6.24. The molecule has 0 saturated heterocycles. The monoisotopic (exact) mass is 401 g/mol. The van der Waals surface area contributed by atoms with Crippen molar-refractivity contribution in [2.45, 2.75) is 0 Å². The number of nitrogens with one attached hydrogen (secondary N) is 1. The van der Waals surface area contributed by atoms with Crippen LogP contribution in [0.5, 0.6) is 0 Å². The number of benzene rings is 3. The van der Waals surface area contributed by atoms with Crippen LogP contribution in [0.25, 0.3) is 26.9 Å². The number of carbonyl (C=O) groups is 1. The van der Waals surface area contributed by atoms with Crippen molar-refractivity contribution < 1.29 is 9.72 Å². The normalized spacial score (nSPS) is 11.0. The van der Waals surface area contributed by atoms with Crippen LogP contribution in [0.2, 0.25) is 0 Å². The molecule has 0 saturated carbocycles. The Labute approximate surface area is 170 Å². The molecule has 0 atom stereocenters. The number of aromatic nitrogens is 1. The molecule has 4 aromatic rings. The Balaban J connectivity index is 1.41. The summed E-state index contributed by atoms with van der Waals surface area (Å²) in [5, 5.41) is 14.4. The van der Waals surface area contributed by atoms with Gasteiger partial charge in [-0.2, -0.15) is 0 Å². The minimum absolute atomic E-state index is 0.0137. The Morgan fingerprint density at radius 1 is 1.00 bits per heavy atom. The zero-order chi connectivity index (χ0) is 20.2. The van der Waals surface area contributed by atoms with Gasteiger partial charge in [-0.05, 0) is 60.2 Å². The van der Waals surface area contributed by atoms with Crippen LogP contribution < -0.4 is 5.32 Å². The van der Waals surface area contributed by atoms with Gasteiger partial charge in [0.05, 0.1) is 15.1 Å².